The third-order valence-corrected chi connectivity index (χ3v) is 5.51. The fraction of sp³-hybridized carbons (Fsp3) is 0. The quantitative estimate of drug-likeness (QED) is 0.504. The van der Waals surface area contributed by atoms with Gasteiger partial charge in [-0.2, -0.15) is 0 Å². The SMILES string of the molecule is O=S1(=O)NC(Nc2cc(Cl)c3[nH]ccc3c2)=Nc2c(O)cc(Cl)cc21. The van der Waals surface area contributed by atoms with Gasteiger partial charge >= 0.3 is 0 Å². The Kier molecular flexibility index (Phi) is 3.57. The molecule has 0 radical (unpaired) electrons. The maximum Gasteiger partial charge on any atom is 0.266 e. The molecule has 3 aromatic rings. The summed E-state index contributed by atoms with van der Waals surface area (Å²) in [5, 5.41) is 14.3. The molecule has 0 spiro atoms. The van der Waals surface area contributed by atoms with Crippen molar-refractivity contribution in [3.8, 4) is 5.75 Å². The first-order chi connectivity index (χ1) is 11.8. The Labute approximate surface area is 152 Å². The van der Waals surface area contributed by atoms with Crippen LogP contribution in [0.1, 0.15) is 0 Å². The number of hydrogen-bond donors (Lipinski definition) is 4. The van der Waals surface area contributed by atoms with Crippen molar-refractivity contribution < 1.29 is 13.5 Å². The molecule has 25 heavy (non-hydrogen) atoms. The van der Waals surface area contributed by atoms with E-state index in [1.165, 1.54) is 12.1 Å². The van der Waals surface area contributed by atoms with Crippen molar-refractivity contribution in [1.29, 1.82) is 0 Å². The lowest BCUT2D eigenvalue weighted by atomic mass is 10.2. The number of sulfonamides is 1. The molecule has 1 aliphatic heterocycles. The van der Waals surface area contributed by atoms with Gasteiger partial charge in [-0.25, -0.2) is 18.1 Å². The zero-order valence-corrected chi connectivity index (χ0v) is 14.7. The summed E-state index contributed by atoms with van der Waals surface area (Å²) >= 11 is 12.0. The lowest BCUT2D eigenvalue weighted by Crippen LogP contribution is -2.38. The summed E-state index contributed by atoms with van der Waals surface area (Å²) < 4.78 is 27.1. The van der Waals surface area contributed by atoms with Crippen LogP contribution in [0.3, 0.4) is 0 Å². The number of aromatic amines is 1. The summed E-state index contributed by atoms with van der Waals surface area (Å²) in [4.78, 5) is 6.95. The zero-order valence-electron chi connectivity index (χ0n) is 12.3. The van der Waals surface area contributed by atoms with E-state index < -0.39 is 10.0 Å². The molecule has 0 atom stereocenters. The Morgan fingerprint density at radius 2 is 1.96 bits per heavy atom. The molecule has 2 aromatic carbocycles. The van der Waals surface area contributed by atoms with E-state index in [1.54, 1.807) is 18.3 Å². The highest BCUT2D eigenvalue weighted by molar-refractivity contribution is 7.90. The summed E-state index contributed by atoms with van der Waals surface area (Å²) in [6.07, 6.45) is 1.75. The van der Waals surface area contributed by atoms with Gasteiger partial charge in [0.25, 0.3) is 10.0 Å². The molecule has 0 unspecified atom stereocenters. The number of aromatic hydroxyl groups is 1. The second kappa shape index (κ2) is 5.55. The lowest BCUT2D eigenvalue weighted by molar-refractivity contribution is 0.474. The van der Waals surface area contributed by atoms with Gasteiger partial charge < -0.3 is 15.4 Å². The van der Waals surface area contributed by atoms with Gasteiger partial charge in [-0.05, 0) is 24.3 Å². The number of aromatic nitrogens is 1. The van der Waals surface area contributed by atoms with Crippen molar-refractivity contribution in [2.75, 3.05) is 5.32 Å². The van der Waals surface area contributed by atoms with Crippen LogP contribution in [0, 0.1) is 0 Å². The Bertz CT molecular complexity index is 1160. The van der Waals surface area contributed by atoms with Gasteiger partial charge in [0.1, 0.15) is 16.3 Å². The monoisotopic (exact) mass is 396 g/mol. The number of benzene rings is 2. The average Bonchev–Trinajstić information content (AvgIpc) is 2.97. The maximum atomic E-state index is 12.4. The summed E-state index contributed by atoms with van der Waals surface area (Å²) in [6.45, 7) is 0. The molecule has 4 rings (SSSR count). The van der Waals surface area contributed by atoms with Crippen LogP contribution in [0.15, 0.2) is 46.4 Å². The predicted octanol–water partition coefficient (Wildman–Crippen LogP) is 3.57. The zero-order chi connectivity index (χ0) is 17.8. The van der Waals surface area contributed by atoms with Crippen LogP contribution < -0.4 is 10.0 Å². The number of phenols is 1. The first-order valence-corrected chi connectivity index (χ1v) is 9.25. The molecule has 0 saturated heterocycles. The number of H-pyrrole nitrogens is 1. The highest BCUT2D eigenvalue weighted by Gasteiger charge is 2.28. The third kappa shape index (κ3) is 2.78. The van der Waals surface area contributed by atoms with E-state index in [0.717, 1.165) is 10.9 Å². The van der Waals surface area contributed by atoms with Gasteiger partial charge in [-0.15, -0.1) is 0 Å². The number of phenolic OH excluding ortho intramolecular Hbond substituents is 1. The Morgan fingerprint density at radius 1 is 1.16 bits per heavy atom. The molecule has 7 nitrogen and oxygen atoms in total. The van der Waals surface area contributed by atoms with E-state index in [0.29, 0.717) is 10.7 Å². The summed E-state index contributed by atoms with van der Waals surface area (Å²) in [7, 11) is -3.93. The topological polar surface area (TPSA) is 107 Å². The van der Waals surface area contributed by atoms with Crippen molar-refractivity contribution >= 4 is 61.5 Å². The highest BCUT2D eigenvalue weighted by Crippen LogP contribution is 2.38. The summed E-state index contributed by atoms with van der Waals surface area (Å²) in [5.74, 6) is -0.387. The number of hydrogen-bond acceptors (Lipinski definition) is 5. The van der Waals surface area contributed by atoms with E-state index in [2.05, 4.69) is 20.0 Å². The van der Waals surface area contributed by atoms with Gasteiger partial charge in [-0.1, -0.05) is 23.2 Å². The molecule has 0 saturated carbocycles. The molecule has 0 amide bonds. The van der Waals surface area contributed by atoms with Gasteiger partial charge in [0.05, 0.1) is 10.5 Å². The molecule has 2 heterocycles. The van der Waals surface area contributed by atoms with E-state index in [1.807, 2.05) is 6.07 Å². The van der Waals surface area contributed by atoms with Gasteiger partial charge in [-0.3, -0.25) is 0 Å². The highest BCUT2D eigenvalue weighted by atomic mass is 35.5. The van der Waals surface area contributed by atoms with Crippen LogP contribution in [0.5, 0.6) is 5.75 Å². The van der Waals surface area contributed by atoms with Crippen molar-refractivity contribution in [2.45, 2.75) is 4.90 Å². The van der Waals surface area contributed by atoms with E-state index >= 15 is 0 Å². The van der Waals surface area contributed by atoms with Crippen LogP contribution >= 0.6 is 23.2 Å². The average molecular weight is 397 g/mol. The number of anilines is 1. The number of aliphatic imine (C=N–C) groups is 1. The Balaban J connectivity index is 1.79. The van der Waals surface area contributed by atoms with Crippen LogP contribution in [0.2, 0.25) is 10.0 Å². The Hall–Kier alpha value is -2.42. The van der Waals surface area contributed by atoms with E-state index in [-0.39, 0.29) is 27.3 Å². The van der Waals surface area contributed by atoms with Crippen LogP contribution in [-0.4, -0.2) is 24.5 Å². The summed E-state index contributed by atoms with van der Waals surface area (Å²) in [6, 6.07) is 7.70. The smallest absolute Gasteiger partial charge is 0.266 e. The van der Waals surface area contributed by atoms with Crippen molar-refractivity contribution in [2.24, 2.45) is 4.99 Å². The Morgan fingerprint density at radius 3 is 2.76 bits per heavy atom. The number of halogens is 2. The fourth-order valence-corrected chi connectivity index (χ4v) is 4.29. The van der Waals surface area contributed by atoms with E-state index in [4.69, 9.17) is 23.2 Å². The van der Waals surface area contributed by atoms with Crippen LogP contribution in [-0.2, 0) is 10.0 Å². The minimum absolute atomic E-state index is 0.0592. The largest absolute Gasteiger partial charge is 0.506 e. The second-order valence-electron chi connectivity index (χ2n) is 5.36. The van der Waals surface area contributed by atoms with Gasteiger partial charge in [0, 0.05) is 28.4 Å². The molecule has 1 aromatic heterocycles. The predicted molar refractivity (Wildman–Crippen MR) is 97.5 cm³/mol. The molecular weight excluding hydrogens is 387 g/mol. The van der Waals surface area contributed by atoms with Crippen LogP contribution in [0.25, 0.3) is 10.9 Å². The molecule has 0 bridgehead atoms. The normalized spacial score (nSPS) is 15.4. The van der Waals surface area contributed by atoms with Crippen molar-refractivity contribution in [3.05, 3.63) is 46.6 Å². The lowest BCUT2D eigenvalue weighted by Gasteiger charge is -2.20. The third-order valence-electron chi connectivity index (χ3n) is 3.64. The number of rotatable bonds is 1. The number of guanidine groups is 1. The van der Waals surface area contributed by atoms with Gasteiger partial charge in [0.15, 0.2) is 0 Å². The number of nitrogens with zero attached hydrogens (tertiary/aromatic N) is 1. The first kappa shape index (κ1) is 16.1. The summed E-state index contributed by atoms with van der Waals surface area (Å²) in [5.41, 5.74) is 1.23. The molecule has 4 N–H and O–H groups in total. The van der Waals surface area contributed by atoms with E-state index in [9.17, 15) is 13.5 Å². The van der Waals surface area contributed by atoms with Gasteiger partial charge in [0.2, 0.25) is 5.96 Å². The molecule has 0 aliphatic carbocycles. The molecule has 1 aliphatic rings. The maximum absolute atomic E-state index is 12.4. The molecule has 10 heteroatoms. The minimum Gasteiger partial charge on any atom is -0.506 e. The van der Waals surface area contributed by atoms with Crippen molar-refractivity contribution in [3.63, 3.8) is 0 Å². The number of nitrogens with one attached hydrogen (secondary N) is 3. The van der Waals surface area contributed by atoms with Crippen LogP contribution in [0.4, 0.5) is 11.4 Å². The minimum atomic E-state index is -3.93. The second-order valence-corrected chi connectivity index (χ2v) is 7.86. The number of fused-ring (bicyclic) bond motifs is 2. The van der Waals surface area contributed by atoms with Crippen molar-refractivity contribution in [1.82, 2.24) is 9.71 Å². The fourth-order valence-electron chi connectivity index (χ4n) is 2.58. The molecular formula is C15H10Cl2N4O3S. The molecule has 128 valence electrons. The first-order valence-electron chi connectivity index (χ1n) is 7.01. The molecule has 0 fully saturated rings. The standard InChI is InChI=1S/C15H10Cl2N4O3S/c16-8-4-11(22)14-12(5-8)25(23,24)21-15(20-14)19-9-3-7-1-2-18-13(7)10(17)6-9/h1-6,18,22H,(H2,19,20,21).